The van der Waals surface area contributed by atoms with Gasteiger partial charge in [-0.05, 0) is 66.0 Å². The quantitative estimate of drug-likeness (QED) is 0.546. The van der Waals surface area contributed by atoms with E-state index in [0.717, 1.165) is 24.9 Å². The molecule has 1 aliphatic carbocycles. The molecule has 0 spiro atoms. The average Bonchev–Trinajstić information content (AvgIpc) is 3.21. The van der Waals surface area contributed by atoms with Crippen LogP contribution in [0, 0.1) is 17.8 Å². The number of benzene rings is 1. The molecule has 190 valence electrons. The molecule has 6 nitrogen and oxygen atoms in total. The highest BCUT2D eigenvalue weighted by Gasteiger charge is 2.34. The average molecular weight is 498 g/mol. The normalized spacial score (nSPS) is 22.8. The summed E-state index contributed by atoms with van der Waals surface area (Å²) < 4.78 is 23.9. The summed E-state index contributed by atoms with van der Waals surface area (Å²) in [4.78, 5) is 19.9. The van der Waals surface area contributed by atoms with Crippen LogP contribution in [-0.4, -0.2) is 36.5 Å². The Morgan fingerprint density at radius 2 is 1.89 bits per heavy atom. The summed E-state index contributed by atoms with van der Waals surface area (Å²) in [5.41, 5.74) is 3.90. The molecular weight excluding hydrogens is 458 g/mol. The van der Waals surface area contributed by atoms with E-state index in [1.165, 1.54) is 43.0 Å². The van der Waals surface area contributed by atoms with Crippen LogP contribution in [-0.2, 0) is 22.9 Å². The molecule has 0 radical (unpaired) electrons. The third kappa shape index (κ3) is 5.95. The van der Waals surface area contributed by atoms with Crippen LogP contribution in [0.5, 0.6) is 0 Å². The molecule has 1 N–H and O–H groups in total. The Labute approximate surface area is 210 Å². The zero-order valence-electron chi connectivity index (χ0n) is 21.5. The minimum absolute atomic E-state index is 0.0397. The molecule has 1 atom stereocenters. The summed E-state index contributed by atoms with van der Waals surface area (Å²) in [5, 5.41) is 2.93. The lowest BCUT2D eigenvalue weighted by atomic mass is 9.82. The third-order valence-electron chi connectivity index (χ3n) is 7.72. The molecule has 1 aromatic carbocycles. The lowest BCUT2D eigenvalue weighted by Gasteiger charge is -2.34. The molecule has 35 heavy (non-hydrogen) atoms. The molecule has 2 heterocycles. The SMILES string of the molecule is CCS(=O)(=O)c1ccc(CNC(=O)c2ccc3c(c2)CN(C[C@H]2CC[C@H](C)CC2)C3C(C)C)nc1. The summed E-state index contributed by atoms with van der Waals surface area (Å²) in [6.45, 7) is 10.9. The van der Waals surface area contributed by atoms with Crippen molar-refractivity contribution < 1.29 is 13.2 Å². The molecule has 7 heteroatoms. The standard InChI is InChI=1S/C28H39N3O3S/c1-5-35(33,34)25-12-11-24(29-16-25)15-30-28(32)22-10-13-26-23(14-22)18-31(27(26)19(2)3)17-21-8-6-20(4)7-9-21/h10-14,16,19-21,27H,5-9,15,17-18H2,1-4H3,(H,30,32)/t20-,21-,27?. The number of nitrogens with one attached hydrogen (secondary N) is 1. The Bertz CT molecular complexity index is 1140. The molecule has 2 aromatic rings. The van der Waals surface area contributed by atoms with Crippen LogP contribution in [0.15, 0.2) is 41.4 Å². The van der Waals surface area contributed by atoms with Gasteiger partial charge in [0.15, 0.2) is 9.84 Å². The Hall–Kier alpha value is -2.25. The number of pyridine rings is 1. The summed E-state index contributed by atoms with van der Waals surface area (Å²) in [7, 11) is -3.28. The van der Waals surface area contributed by atoms with Crippen molar-refractivity contribution in [1.29, 1.82) is 0 Å². The van der Waals surface area contributed by atoms with Gasteiger partial charge in [0.25, 0.3) is 5.91 Å². The van der Waals surface area contributed by atoms with Gasteiger partial charge in [0, 0.05) is 30.9 Å². The van der Waals surface area contributed by atoms with Gasteiger partial charge in [-0.2, -0.15) is 0 Å². The molecule has 0 bridgehead atoms. The number of rotatable bonds is 8. The fourth-order valence-electron chi connectivity index (χ4n) is 5.63. The Balaban J connectivity index is 1.40. The number of hydrogen-bond acceptors (Lipinski definition) is 5. The monoisotopic (exact) mass is 497 g/mol. The summed E-state index contributed by atoms with van der Waals surface area (Å²) in [6, 6.07) is 9.73. The van der Waals surface area contributed by atoms with Crippen LogP contribution in [0.2, 0.25) is 0 Å². The van der Waals surface area contributed by atoms with E-state index in [4.69, 9.17) is 0 Å². The minimum Gasteiger partial charge on any atom is -0.346 e. The molecule has 2 aliphatic rings. The van der Waals surface area contributed by atoms with Crippen molar-refractivity contribution in [3.05, 3.63) is 58.9 Å². The number of fused-ring (bicyclic) bond motifs is 1. The lowest BCUT2D eigenvalue weighted by molar-refractivity contribution is 0.0950. The van der Waals surface area contributed by atoms with Crippen LogP contribution in [0.1, 0.15) is 86.6 Å². The van der Waals surface area contributed by atoms with Crippen LogP contribution >= 0.6 is 0 Å². The number of nitrogens with zero attached hydrogens (tertiary/aromatic N) is 2. The van der Waals surface area contributed by atoms with Crippen LogP contribution in [0.4, 0.5) is 0 Å². The first-order chi connectivity index (χ1) is 16.7. The second-order valence-electron chi connectivity index (χ2n) is 10.7. The van der Waals surface area contributed by atoms with Crippen LogP contribution in [0.25, 0.3) is 0 Å². The first-order valence-corrected chi connectivity index (χ1v) is 14.7. The van der Waals surface area contributed by atoms with Crippen LogP contribution in [0.3, 0.4) is 0 Å². The maximum atomic E-state index is 12.9. The number of carbonyl (C=O) groups excluding carboxylic acids is 1. The summed E-state index contributed by atoms with van der Waals surface area (Å²) in [6.07, 6.45) is 6.70. The van der Waals surface area contributed by atoms with Crippen molar-refractivity contribution in [2.75, 3.05) is 12.3 Å². The van der Waals surface area contributed by atoms with Crippen molar-refractivity contribution in [2.45, 2.75) is 77.4 Å². The number of hydrogen-bond donors (Lipinski definition) is 1. The Morgan fingerprint density at radius 3 is 2.51 bits per heavy atom. The fraction of sp³-hybridized carbons (Fsp3) is 0.571. The van der Waals surface area contributed by atoms with Gasteiger partial charge in [-0.25, -0.2) is 8.42 Å². The molecule has 1 unspecified atom stereocenters. The van der Waals surface area contributed by atoms with Gasteiger partial charge < -0.3 is 5.32 Å². The first-order valence-electron chi connectivity index (χ1n) is 13.0. The topological polar surface area (TPSA) is 79.4 Å². The molecule has 4 rings (SSSR count). The second kappa shape index (κ2) is 10.8. The lowest BCUT2D eigenvalue weighted by Crippen LogP contribution is -2.32. The largest absolute Gasteiger partial charge is 0.346 e. The van der Waals surface area contributed by atoms with E-state index in [-0.39, 0.29) is 23.1 Å². The van der Waals surface area contributed by atoms with E-state index in [1.54, 1.807) is 19.1 Å². The molecule has 0 saturated heterocycles. The van der Waals surface area contributed by atoms with Gasteiger partial charge in [-0.1, -0.05) is 46.6 Å². The van der Waals surface area contributed by atoms with E-state index in [1.807, 2.05) is 12.1 Å². The number of carbonyl (C=O) groups is 1. The maximum absolute atomic E-state index is 12.9. The number of amides is 1. The fourth-order valence-corrected chi connectivity index (χ4v) is 6.45. The van der Waals surface area contributed by atoms with Gasteiger partial charge >= 0.3 is 0 Å². The molecular formula is C28H39N3O3S. The molecule has 1 saturated carbocycles. The smallest absolute Gasteiger partial charge is 0.251 e. The van der Waals surface area contributed by atoms with Gasteiger partial charge in [-0.15, -0.1) is 0 Å². The van der Waals surface area contributed by atoms with E-state index < -0.39 is 9.84 Å². The first kappa shape index (κ1) is 25.8. The van der Waals surface area contributed by atoms with Gasteiger partial charge in [0.05, 0.1) is 22.9 Å². The molecule has 1 fully saturated rings. The second-order valence-corrected chi connectivity index (χ2v) is 13.0. The van der Waals surface area contributed by atoms with Crippen molar-refractivity contribution >= 4 is 15.7 Å². The highest BCUT2D eigenvalue weighted by atomic mass is 32.2. The zero-order valence-corrected chi connectivity index (χ0v) is 22.3. The predicted molar refractivity (Wildman–Crippen MR) is 139 cm³/mol. The summed E-state index contributed by atoms with van der Waals surface area (Å²) >= 11 is 0. The summed E-state index contributed by atoms with van der Waals surface area (Å²) in [5.74, 6) is 2.06. The zero-order chi connectivity index (χ0) is 25.2. The minimum atomic E-state index is -3.28. The van der Waals surface area contributed by atoms with E-state index in [9.17, 15) is 13.2 Å². The highest BCUT2D eigenvalue weighted by Crippen LogP contribution is 2.41. The number of sulfone groups is 1. The van der Waals surface area contributed by atoms with Gasteiger partial charge in [-0.3, -0.25) is 14.7 Å². The predicted octanol–water partition coefficient (Wildman–Crippen LogP) is 5.14. The third-order valence-corrected chi connectivity index (χ3v) is 9.44. The molecule has 1 aromatic heterocycles. The molecule has 1 aliphatic heterocycles. The van der Waals surface area contributed by atoms with Gasteiger partial charge in [0.2, 0.25) is 0 Å². The van der Waals surface area contributed by atoms with Crippen molar-refractivity contribution in [1.82, 2.24) is 15.2 Å². The number of aromatic nitrogens is 1. The highest BCUT2D eigenvalue weighted by molar-refractivity contribution is 7.91. The van der Waals surface area contributed by atoms with Crippen molar-refractivity contribution in [3.63, 3.8) is 0 Å². The van der Waals surface area contributed by atoms with Crippen molar-refractivity contribution in [2.24, 2.45) is 17.8 Å². The van der Waals surface area contributed by atoms with E-state index >= 15 is 0 Å². The van der Waals surface area contributed by atoms with E-state index in [2.05, 4.69) is 42.0 Å². The maximum Gasteiger partial charge on any atom is 0.251 e. The molecule has 1 amide bonds. The van der Waals surface area contributed by atoms with Crippen LogP contribution < -0.4 is 5.32 Å². The Morgan fingerprint density at radius 1 is 1.14 bits per heavy atom. The van der Waals surface area contributed by atoms with E-state index in [0.29, 0.717) is 23.2 Å². The van der Waals surface area contributed by atoms with Gasteiger partial charge in [0.1, 0.15) is 0 Å². The Kier molecular flexibility index (Phi) is 7.96. The van der Waals surface area contributed by atoms with Crippen molar-refractivity contribution in [3.8, 4) is 0 Å².